The van der Waals surface area contributed by atoms with E-state index in [9.17, 15) is 8.42 Å². The minimum atomic E-state index is -3.77. The smallest absolute Gasteiger partial charge is 0.264 e. The van der Waals surface area contributed by atoms with Crippen molar-refractivity contribution in [3.63, 3.8) is 0 Å². The summed E-state index contributed by atoms with van der Waals surface area (Å²) in [6, 6.07) is 5.59. The summed E-state index contributed by atoms with van der Waals surface area (Å²) in [6.07, 6.45) is 0. The number of aryl methyl sites for hydroxylation is 3. The summed E-state index contributed by atoms with van der Waals surface area (Å²) in [7, 11) is -1.99. The van der Waals surface area contributed by atoms with Crippen molar-refractivity contribution in [1.29, 1.82) is 0 Å². The molecule has 0 saturated heterocycles. The molecular weight excluding hydrogens is 352 g/mol. The van der Waals surface area contributed by atoms with Crippen LogP contribution in [0.4, 0.5) is 5.69 Å². The second-order valence-corrected chi connectivity index (χ2v) is 8.12. The second kappa shape index (κ2) is 6.28. The van der Waals surface area contributed by atoms with Crippen molar-refractivity contribution in [2.24, 2.45) is 7.05 Å². The monoisotopic (exact) mass is 374 g/mol. The Morgan fingerprint density at radius 2 is 1.77 bits per heavy atom. The van der Waals surface area contributed by atoms with Gasteiger partial charge >= 0.3 is 0 Å². The molecule has 0 aliphatic heterocycles. The van der Waals surface area contributed by atoms with Gasteiger partial charge in [0.2, 0.25) is 5.89 Å². The molecular formula is C18H22N4O3S. The molecule has 0 amide bonds. The Morgan fingerprint density at radius 1 is 1.08 bits per heavy atom. The highest BCUT2D eigenvalue weighted by Crippen LogP contribution is 2.33. The highest BCUT2D eigenvalue weighted by molar-refractivity contribution is 7.92. The Labute approximate surface area is 153 Å². The van der Waals surface area contributed by atoms with E-state index in [1.54, 1.807) is 38.5 Å². The Morgan fingerprint density at radius 3 is 2.35 bits per heavy atom. The first-order chi connectivity index (χ1) is 12.1. The average molecular weight is 374 g/mol. The molecule has 0 fully saturated rings. The molecule has 138 valence electrons. The fourth-order valence-electron chi connectivity index (χ4n) is 3.17. The fraction of sp³-hybridized carbons (Fsp3) is 0.333. The molecule has 0 unspecified atom stereocenters. The van der Waals surface area contributed by atoms with Crippen LogP contribution in [0.5, 0.6) is 0 Å². The lowest BCUT2D eigenvalue weighted by molar-refractivity contribution is 0.528. The summed E-state index contributed by atoms with van der Waals surface area (Å²) in [4.78, 5) is 0.228. The van der Waals surface area contributed by atoms with Crippen LogP contribution in [0.2, 0.25) is 0 Å². The maximum atomic E-state index is 13.1. The van der Waals surface area contributed by atoms with Crippen molar-refractivity contribution in [1.82, 2.24) is 14.8 Å². The van der Waals surface area contributed by atoms with Gasteiger partial charge in [-0.05, 0) is 39.3 Å². The van der Waals surface area contributed by atoms with Crippen molar-refractivity contribution < 1.29 is 12.8 Å². The van der Waals surface area contributed by atoms with E-state index in [2.05, 4.69) is 14.9 Å². The predicted octanol–water partition coefficient (Wildman–Crippen LogP) is 3.42. The Kier molecular flexibility index (Phi) is 4.39. The number of nitrogens with one attached hydrogen (secondary N) is 1. The molecule has 0 aliphatic carbocycles. The van der Waals surface area contributed by atoms with E-state index in [1.165, 1.54) is 0 Å². The van der Waals surface area contributed by atoms with Gasteiger partial charge in [-0.25, -0.2) is 8.42 Å². The van der Waals surface area contributed by atoms with Crippen LogP contribution in [0.25, 0.3) is 11.6 Å². The van der Waals surface area contributed by atoms with E-state index in [0.29, 0.717) is 34.4 Å². The zero-order chi connectivity index (χ0) is 19.2. The van der Waals surface area contributed by atoms with Gasteiger partial charge in [0.15, 0.2) is 0 Å². The normalized spacial score (nSPS) is 11.8. The fourth-order valence-corrected chi connectivity index (χ4v) is 4.81. The first kappa shape index (κ1) is 18.2. The van der Waals surface area contributed by atoms with Gasteiger partial charge in [-0.15, -0.1) is 10.2 Å². The van der Waals surface area contributed by atoms with Gasteiger partial charge in [0, 0.05) is 25.2 Å². The van der Waals surface area contributed by atoms with E-state index in [-0.39, 0.29) is 4.90 Å². The third kappa shape index (κ3) is 3.01. The molecule has 1 aromatic carbocycles. The van der Waals surface area contributed by atoms with Gasteiger partial charge in [-0.2, -0.15) is 0 Å². The minimum absolute atomic E-state index is 0.228. The molecule has 2 aromatic heterocycles. The van der Waals surface area contributed by atoms with Crippen LogP contribution in [0.1, 0.15) is 28.3 Å². The van der Waals surface area contributed by atoms with E-state index in [1.807, 2.05) is 26.0 Å². The molecule has 0 atom stereocenters. The highest BCUT2D eigenvalue weighted by Gasteiger charge is 2.29. The maximum Gasteiger partial charge on any atom is 0.264 e. The standard InChI is InChI=1S/C18H22N4O3S/c1-10-7-8-15(11(2)9-10)21-26(23,24)17-12(3)16(22(6)13(17)4)18-20-19-14(5)25-18/h7-9,21H,1-6H3. The summed E-state index contributed by atoms with van der Waals surface area (Å²) < 4.78 is 36.2. The van der Waals surface area contributed by atoms with Crippen LogP contribution in [0, 0.1) is 34.6 Å². The molecule has 3 rings (SSSR count). The van der Waals surface area contributed by atoms with Crippen molar-refractivity contribution in [2.75, 3.05) is 4.72 Å². The molecule has 0 radical (unpaired) electrons. The van der Waals surface area contributed by atoms with Crippen LogP contribution < -0.4 is 4.72 Å². The molecule has 0 saturated carbocycles. The van der Waals surface area contributed by atoms with Gasteiger partial charge in [0.25, 0.3) is 15.9 Å². The summed E-state index contributed by atoms with van der Waals surface area (Å²) in [5.41, 5.74) is 4.29. The quantitative estimate of drug-likeness (QED) is 0.756. The Balaban J connectivity index is 2.11. The zero-order valence-electron chi connectivity index (χ0n) is 15.7. The molecule has 0 bridgehead atoms. The number of rotatable bonds is 4. The number of hydrogen-bond donors (Lipinski definition) is 1. The number of aromatic nitrogens is 3. The average Bonchev–Trinajstić information content (AvgIpc) is 3.04. The topological polar surface area (TPSA) is 90.0 Å². The number of anilines is 1. The molecule has 3 aromatic rings. The minimum Gasteiger partial charge on any atom is -0.420 e. The lowest BCUT2D eigenvalue weighted by Crippen LogP contribution is -2.15. The lowest BCUT2D eigenvalue weighted by Gasteiger charge is -2.12. The number of nitrogens with zero attached hydrogens (tertiary/aromatic N) is 3. The van der Waals surface area contributed by atoms with Gasteiger partial charge in [-0.1, -0.05) is 17.7 Å². The van der Waals surface area contributed by atoms with E-state index < -0.39 is 10.0 Å². The SMILES string of the molecule is Cc1ccc(NS(=O)(=O)c2c(C)c(-c3nnc(C)o3)n(C)c2C)c(C)c1. The van der Waals surface area contributed by atoms with Crippen molar-refractivity contribution in [3.05, 3.63) is 46.5 Å². The van der Waals surface area contributed by atoms with E-state index in [0.717, 1.165) is 11.1 Å². The van der Waals surface area contributed by atoms with Gasteiger partial charge < -0.3 is 8.98 Å². The molecule has 8 heteroatoms. The number of sulfonamides is 1. The summed E-state index contributed by atoms with van der Waals surface area (Å²) in [6.45, 7) is 9.05. The van der Waals surface area contributed by atoms with Crippen LogP contribution in [0.15, 0.2) is 27.5 Å². The number of hydrogen-bond acceptors (Lipinski definition) is 5. The van der Waals surface area contributed by atoms with Crippen LogP contribution >= 0.6 is 0 Å². The molecule has 0 aliphatic rings. The summed E-state index contributed by atoms with van der Waals surface area (Å²) >= 11 is 0. The largest absolute Gasteiger partial charge is 0.420 e. The highest BCUT2D eigenvalue weighted by atomic mass is 32.2. The van der Waals surface area contributed by atoms with E-state index >= 15 is 0 Å². The molecule has 26 heavy (non-hydrogen) atoms. The van der Waals surface area contributed by atoms with Gasteiger partial charge in [0.05, 0.1) is 5.69 Å². The molecule has 0 spiro atoms. The molecule has 2 heterocycles. The van der Waals surface area contributed by atoms with Gasteiger partial charge in [0.1, 0.15) is 10.6 Å². The van der Waals surface area contributed by atoms with Crippen molar-refractivity contribution in [3.8, 4) is 11.6 Å². The maximum absolute atomic E-state index is 13.1. The van der Waals surface area contributed by atoms with Crippen LogP contribution in [-0.4, -0.2) is 23.2 Å². The van der Waals surface area contributed by atoms with Crippen LogP contribution in [0.3, 0.4) is 0 Å². The second-order valence-electron chi connectivity index (χ2n) is 6.50. The van der Waals surface area contributed by atoms with Gasteiger partial charge in [-0.3, -0.25) is 4.72 Å². The zero-order valence-corrected chi connectivity index (χ0v) is 16.5. The summed E-state index contributed by atoms with van der Waals surface area (Å²) in [5.74, 6) is 0.731. The van der Waals surface area contributed by atoms with Crippen LogP contribution in [-0.2, 0) is 17.1 Å². The molecule has 7 nitrogen and oxygen atoms in total. The third-order valence-electron chi connectivity index (χ3n) is 4.49. The lowest BCUT2D eigenvalue weighted by atomic mass is 10.1. The summed E-state index contributed by atoms with van der Waals surface area (Å²) in [5, 5.41) is 7.87. The molecule has 1 N–H and O–H groups in total. The third-order valence-corrected chi connectivity index (χ3v) is 6.11. The Bertz CT molecular complexity index is 1090. The first-order valence-corrected chi connectivity index (χ1v) is 9.66. The predicted molar refractivity (Wildman–Crippen MR) is 99.6 cm³/mol. The van der Waals surface area contributed by atoms with Crippen molar-refractivity contribution >= 4 is 15.7 Å². The van der Waals surface area contributed by atoms with Crippen molar-refractivity contribution in [2.45, 2.75) is 39.5 Å². The number of benzene rings is 1. The Hall–Kier alpha value is -2.61. The van der Waals surface area contributed by atoms with E-state index in [4.69, 9.17) is 4.42 Å². The first-order valence-electron chi connectivity index (χ1n) is 8.18.